The molecule has 3 aromatic rings. The molecule has 6 rings (SSSR count). The number of hydrogen-bond acceptors (Lipinski definition) is 2. The van der Waals surface area contributed by atoms with E-state index in [1.165, 1.54) is 12.1 Å². The quantitative estimate of drug-likeness (QED) is 0.629. The molecule has 0 spiro atoms. The van der Waals surface area contributed by atoms with Gasteiger partial charge in [-0.2, -0.15) is 5.10 Å². The number of likely N-dealkylation sites (tertiary alicyclic amines) is 1. The van der Waals surface area contributed by atoms with Crippen molar-refractivity contribution < 1.29 is 13.6 Å². The van der Waals surface area contributed by atoms with Crippen LogP contribution in [-0.4, -0.2) is 27.1 Å². The van der Waals surface area contributed by atoms with Crippen LogP contribution in [0, 0.1) is 17.6 Å². The lowest BCUT2D eigenvalue weighted by Crippen LogP contribution is -2.31. The third-order valence-electron chi connectivity index (χ3n) is 6.80. The molecular weight excluding hydrogens is 384 g/mol. The van der Waals surface area contributed by atoms with Crippen molar-refractivity contribution in [1.29, 1.82) is 0 Å². The van der Waals surface area contributed by atoms with Crippen molar-refractivity contribution in [3.63, 3.8) is 0 Å². The number of fused-ring (bicyclic) bond motifs is 3. The van der Waals surface area contributed by atoms with Crippen LogP contribution in [0.15, 0.2) is 48.5 Å². The lowest BCUT2D eigenvalue weighted by molar-refractivity contribution is 0.0728. The third-order valence-corrected chi connectivity index (χ3v) is 6.80. The van der Waals surface area contributed by atoms with Gasteiger partial charge in [0.05, 0.1) is 11.7 Å². The van der Waals surface area contributed by atoms with Gasteiger partial charge in [0.15, 0.2) is 11.5 Å². The molecule has 30 heavy (non-hydrogen) atoms. The minimum absolute atomic E-state index is 0.0398. The van der Waals surface area contributed by atoms with Gasteiger partial charge >= 0.3 is 0 Å². The summed E-state index contributed by atoms with van der Waals surface area (Å²) in [4.78, 5) is 15.5. The second kappa shape index (κ2) is 6.49. The van der Waals surface area contributed by atoms with E-state index >= 15 is 0 Å². The van der Waals surface area contributed by atoms with Crippen molar-refractivity contribution in [2.75, 3.05) is 6.54 Å². The number of rotatable bonds is 3. The third kappa shape index (κ3) is 2.62. The van der Waals surface area contributed by atoms with Crippen LogP contribution in [0.1, 0.15) is 58.5 Å². The van der Waals surface area contributed by atoms with E-state index in [4.69, 9.17) is 0 Å². The first-order chi connectivity index (χ1) is 14.6. The van der Waals surface area contributed by atoms with E-state index in [9.17, 15) is 13.6 Å². The van der Waals surface area contributed by atoms with Crippen LogP contribution in [0.2, 0.25) is 0 Å². The van der Waals surface area contributed by atoms with Gasteiger partial charge in [0.25, 0.3) is 5.91 Å². The predicted molar refractivity (Wildman–Crippen MR) is 107 cm³/mol. The van der Waals surface area contributed by atoms with E-state index in [2.05, 4.69) is 17.2 Å². The van der Waals surface area contributed by atoms with Gasteiger partial charge in [-0.25, -0.2) is 13.5 Å². The Bertz CT molecular complexity index is 1160. The van der Waals surface area contributed by atoms with Crippen LogP contribution in [0.3, 0.4) is 0 Å². The standard InChI is InChI=1S/C24H21F2N3O/c25-16-8-9-21(19(26)13-16)29-23-17-11-15(17)12-18(23)22(27-29)24(30)28-10-4-7-20(28)14-5-2-1-3-6-14/h1-3,5-6,8-9,13,15,17,20H,4,7,10-12H2/t15-,17-,20+/m1/s1. The molecule has 1 saturated heterocycles. The second-order valence-electron chi connectivity index (χ2n) is 8.59. The molecule has 0 radical (unpaired) electrons. The topological polar surface area (TPSA) is 38.1 Å². The van der Waals surface area contributed by atoms with Crippen LogP contribution < -0.4 is 0 Å². The van der Waals surface area contributed by atoms with Gasteiger partial charge in [-0.15, -0.1) is 0 Å². The van der Waals surface area contributed by atoms with Crippen molar-refractivity contribution in [2.45, 2.75) is 37.6 Å². The summed E-state index contributed by atoms with van der Waals surface area (Å²) >= 11 is 0. The monoisotopic (exact) mass is 405 g/mol. The highest BCUT2D eigenvalue weighted by atomic mass is 19.1. The Kier molecular flexibility index (Phi) is 3.85. The van der Waals surface area contributed by atoms with Gasteiger partial charge in [0, 0.05) is 24.1 Å². The molecule has 0 N–H and O–H groups in total. The molecule has 3 aliphatic rings. The Labute approximate surface area is 173 Å². The Balaban J connectivity index is 1.42. The van der Waals surface area contributed by atoms with Crippen LogP contribution >= 0.6 is 0 Å². The van der Waals surface area contributed by atoms with Crippen molar-refractivity contribution in [3.05, 3.63) is 82.7 Å². The summed E-state index contributed by atoms with van der Waals surface area (Å²) in [7, 11) is 0. The van der Waals surface area contributed by atoms with Gasteiger partial charge in [-0.1, -0.05) is 30.3 Å². The van der Waals surface area contributed by atoms with Crippen LogP contribution in [0.25, 0.3) is 5.69 Å². The summed E-state index contributed by atoms with van der Waals surface area (Å²) in [5.74, 6) is -0.528. The molecule has 0 unspecified atom stereocenters. The Morgan fingerprint density at radius 3 is 2.73 bits per heavy atom. The maximum atomic E-state index is 14.5. The fourth-order valence-corrected chi connectivity index (χ4v) is 5.29. The molecule has 6 heteroatoms. The van der Waals surface area contributed by atoms with Gasteiger partial charge < -0.3 is 4.90 Å². The van der Waals surface area contributed by atoms with E-state index in [0.29, 0.717) is 24.1 Å². The number of carbonyl (C=O) groups excluding carboxylic acids is 1. The minimum Gasteiger partial charge on any atom is -0.330 e. The number of hydrogen-bond donors (Lipinski definition) is 0. The summed E-state index contributed by atoms with van der Waals surface area (Å²) in [6.45, 7) is 0.692. The lowest BCUT2D eigenvalue weighted by atomic mass is 10.0. The molecule has 2 aliphatic carbocycles. The van der Waals surface area contributed by atoms with Crippen molar-refractivity contribution >= 4 is 5.91 Å². The Morgan fingerprint density at radius 2 is 1.93 bits per heavy atom. The molecule has 2 heterocycles. The average molecular weight is 405 g/mol. The SMILES string of the molecule is O=C(c1nn(-c2ccc(F)cc2F)c2c1C[C@H]1C[C@@H]21)N1CCC[C@H]1c1ccccc1. The van der Waals surface area contributed by atoms with E-state index < -0.39 is 11.6 Å². The normalized spacial score (nSPS) is 24.1. The summed E-state index contributed by atoms with van der Waals surface area (Å²) in [5.41, 5.74) is 3.66. The summed E-state index contributed by atoms with van der Waals surface area (Å²) in [6, 6.07) is 13.6. The first-order valence-corrected chi connectivity index (χ1v) is 10.5. The van der Waals surface area contributed by atoms with E-state index in [1.807, 2.05) is 23.1 Å². The molecule has 152 valence electrons. The largest absolute Gasteiger partial charge is 0.330 e. The van der Waals surface area contributed by atoms with E-state index in [0.717, 1.165) is 48.6 Å². The van der Waals surface area contributed by atoms with Gasteiger partial charge in [-0.05, 0) is 49.3 Å². The fraction of sp³-hybridized carbons (Fsp3) is 0.333. The summed E-state index contributed by atoms with van der Waals surface area (Å²) in [6.07, 6.45) is 3.74. The average Bonchev–Trinajstić information content (AvgIpc) is 3.11. The molecule has 1 saturated carbocycles. The molecule has 1 aliphatic heterocycles. The minimum atomic E-state index is -0.660. The maximum absolute atomic E-state index is 14.5. The number of amides is 1. The van der Waals surface area contributed by atoms with Crippen LogP contribution in [-0.2, 0) is 6.42 Å². The molecule has 3 atom stereocenters. The van der Waals surface area contributed by atoms with Crippen molar-refractivity contribution in [2.24, 2.45) is 5.92 Å². The first-order valence-electron chi connectivity index (χ1n) is 10.5. The molecular formula is C24H21F2N3O. The van der Waals surface area contributed by atoms with Gasteiger partial charge in [0.1, 0.15) is 11.5 Å². The zero-order chi connectivity index (χ0) is 20.4. The fourth-order valence-electron chi connectivity index (χ4n) is 5.29. The maximum Gasteiger partial charge on any atom is 0.275 e. The van der Waals surface area contributed by atoms with E-state index in [1.54, 1.807) is 4.68 Å². The highest BCUT2D eigenvalue weighted by Gasteiger charge is 2.51. The zero-order valence-electron chi connectivity index (χ0n) is 16.4. The molecule has 1 amide bonds. The van der Waals surface area contributed by atoms with Gasteiger partial charge in [-0.3, -0.25) is 4.79 Å². The van der Waals surface area contributed by atoms with Crippen LogP contribution in [0.5, 0.6) is 0 Å². The molecule has 1 aromatic heterocycles. The van der Waals surface area contributed by atoms with E-state index in [-0.39, 0.29) is 17.6 Å². The Morgan fingerprint density at radius 1 is 1.10 bits per heavy atom. The number of carbonyl (C=O) groups is 1. The smallest absolute Gasteiger partial charge is 0.275 e. The zero-order valence-corrected chi connectivity index (χ0v) is 16.4. The second-order valence-corrected chi connectivity index (χ2v) is 8.59. The summed E-state index contributed by atoms with van der Waals surface area (Å²) in [5, 5.41) is 4.61. The number of benzene rings is 2. The summed E-state index contributed by atoms with van der Waals surface area (Å²) < 4.78 is 29.5. The molecule has 0 bridgehead atoms. The first kappa shape index (κ1) is 17.8. The number of nitrogens with zero attached hydrogens (tertiary/aromatic N) is 3. The number of halogens is 2. The number of aromatic nitrogens is 2. The van der Waals surface area contributed by atoms with Crippen molar-refractivity contribution in [1.82, 2.24) is 14.7 Å². The molecule has 2 aromatic carbocycles. The predicted octanol–water partition coefficient (Wildman–Crippen LogP) is 4.79. The molecule has 2 fully saturated rings. The highest BCUT2D eigenvalue weighted by molar-refractivity contribution is 5.95. The lowest BCUT2D eigenvalue weighted by Gasteiger charge is -2.24. The van der Waals surface area contributed by atoms with Gasteiger partial charge in [0.2, 0.25) is 0 Å². The molecule has 4 nitrogen and oxygen atoms in total. The highest BCUT2D eigenvalue weighted by Crippen LogP contribution is 2.57. The van der Waals surface area contributed by atoms with Crippen LogP contribution in [0.4, 0.5) is 8.78 Å². The van der Waals surface area contributed by atoms with Crippen molar-refractivity contribution in [3.8, 4) is 5.69 Å². The Hall–Kier alpha value is -3.02.